The van der Waals surface area contributed by atoms with Crippen LogP contribution in [0.2, 0.25) is 0 Å². The molecule has 0 aliphatic rings. The zero-order valence-corrected chi connectivity index (χ0v) is 18.3. The molecule has 166 valence electrons. The minimum absolute atomic E-state index is 0.0528. The first-order valence-electron chi connectivity index (χ1n) is 10.6. The second-order valence-electron chi connectivity index (χ2n) is 7.82. The van der Waals surface area contributed by atoms with E-state index in [4.69, 9.17) is 0 Å². The predicted molar refractivity (Wildman–Crippen MR) is 126 cm³/mol. The zero-order chi connectivity index (χ0) is 22.9. The molecule has 0 saturated heterocycles. The number of urea groups is 1. The lowest BCUT2D eigenvalue weighted by molar-refractivity contribution is -0.125. The number of carbonyl (C=O) groups excluding carboxylic acids is 3. The van der Waals surface area contributed by atoms with E-state index in [9.17, 15) is 14.4 Å². The molecular weight excluding hydrogens is 404 g/mol. The fourth-order valence-corrected chi connectivity index (χ4v) is 3.26. The molecule has 0 spiro atoms. The molecule has 4 N–H and O–H groups in total. The molecule has 0 fully saturated rings. The van der Waals surface area contributed by atoms with Gasteiger partial charge in [0.2, 0.25) is 11.8 Å². The summed E-state index contributed by atoms with van der Waals surface area (Å²) in [6.45, 7) is 4.02. The number of nitrogens with one attached hydrogen (secondary N) is 4. The summed E-state index contributed by atoms with van der Waals surface area (Å²) in [6.07, 6.45) is 0.216. The number of anilines is 1. The van der Waals surface area contributed by atoms with Crippen LogP contribution in [-0.2, 0) is 22.6 Å². The fourth-order valence-electron chi connectivity index (χ4n) is 3.26. The lowest BCUT2D eigenvalue weighted by atomic mass is 10.0. The third-order valence-electron chi connectivity index (χ3n) is 4.80. The van der Waals surface area contributed by atoms with Crippen molar-refractivity contribution in [2.75, 3.05) is 11.9 Å². The van der Waals surface area contributed by atoms with E-state index in [-0.39, 0.29) is 36.9 Å². The van der Waals surface area contributed by atoms with Gasteiger partial charge in [0.25, 0.3) is 0 Å². The summed E-state index contributed by atoms with van der Waals surface area (Å²) in [6, 6.07) is 20.7. The van der Waals surface area contributed by atoms with Crippen molar-refractivity contribution in [3.05, 3.63) is 77.9 Å². The van der Waals surface area contributed by atoms with Gasteiger partial charge in [-0.1, -0.05) is 54.6 Å². The zero-order valence-electron chi connectivity index (χ0n) is 18.3. The lowest BCUT2D eigenvalue weighted by Gasteiger charge is -2.11. The Bertz CT molecular complexity index is 1090. The Labute approximate surface area is 187 Å². The first kappa shape index (κ1) is 22.8. The smallest absolute Gasteiger partial charge is 0.319 e. The van der Waals surface area contributed by atoms with Crippen molar-refractivity contribution in [1.82, 2.24) is 16.0 Å². The molecule has 0 aromatic heterocycles. The molecule has 0 radical (unpaired) electrons. The molecule has 7 nitrogen and oxygen atoms in total. The summed E-state index contributed by atoms with van der Waals surface area (Å²) in [5.74, 6) is -0.471. The lowest BCUT2D eigenvalue weighted by Crippen LogP contribution is -2.37. The third kappa shape index (κ3) is 6.84. The van der Waals surface area contributed by atoms with Gasteiger partial charge >= 0.3 is 6.03 Å². The monoisotopic (exact) mass is 432 g/mol. The average Bonchev–Trinajstić information content (AvgIpc) is 2.77. The minimum atomic E-state index is -0.269. The Morgan fingerprint density at radius 1 is 0.812 bits per heavy atom. The standard InChI is InChI=1S/C25H28N4O3/c1-17(2)28-25(32)29-21-12-10-18(11-13-21)15-26-24(31)16-27-23(30)14-20-8-5-7-19-6-3-4-9-22(19)20/h3-13,17H,14-16H2,1-2H3,(H,26,31)(H,27,30)(H2,28,29,32). The first-order chi connectivity index (χ1) is 15.4. The van der Waals surface area contributed by atoms with Crippen molar-refractivity contribution >= 4 is 34.3 Å². The molecule has 0 atom stereocenters. The second-order valence-corrected chi connectivity index (χ2v) is 7.82. The van der Waals surface area contributed by atoms with Crippen LogP contribution in [0.4, 0.5) is 10.5 Å². The van der Waals surface area contributed by atoms with Crippen LogP contribution in [0.1, 0.15) is 25.0 Å². The van der Waals surface area contributed by atoms with Gasteiger partial charge in [0.15, 0.2) is 0 Å². The van der Waals surface area contributed by atoms with Gasteiger partial charge in [-0.2, -0.15) is 0 Å². The Morgan fingerprint density at radius 3 is 2.28 bits per heavy atom. The molecule has 32 heavy (non-hydrogen) atoms. The largest absolute Gasteiger partial charge is 0.350 e. The fraction of sp³-hybridized carbons (Fsp3) is 0.240. The number of rotatable bonds is 8. The number of fused-ring (bicyclic) bond motifs is 1. The van der Waals surface area contributed by atoms with E-state index in [1.807, 2.05) is 68.4 Å². The molecule has 0 heterocycles. The van der Waals surface area contributed by atoms with Crippen molar-refractivity contribution < 1.29 is 14.4 Å². The Balaban J connectivity index is 1.42. The van der Waals surface area contributed by atoms with Gasteiger partial charge in [-0.05, 0) is 47.9 Å². The van der Waals surface area contributed by atoms with Gasteiger partial charge in [-0.15, -0.1) is 0 Å². The van der Waals surface area contributed by atoms with E-state index in [0.717, 1.165) is 21.9 Å². The van der Waals surface area contributed by atoms with Crippen LogP contribution < -0.4 is 21.3 Å². The first-order valence-corrected chi connectivity index (χ1v) is 10.6. The van der Waals surface area contributed by atoms with Crippen LogP contribution in [0.25, 0.3) is 10.8 Å². The van der Waals surface area contributed by atoms with E-state index in [1.54, 1.807) is 12.1 Å². The summed E-state index contributed by atoms with van der Waals surface area (Å²) >= 11 is 0. The summed E-state index contributed by atoms with van der Waals surface area (Å²) < 4.78 is 0. The van der Waals surface area contributed by atoms with E-state index in [0.29, 0.717) is 12.2 Å². The molecule has 0 aliphatic carbocycles. The SMILES string of the molecule is CC(C)NC(=O)Nc1ccc(CNC(=O)CNC(=O)Cc2cccc3ccccc23)cc1. The molecule has 4 amide bonds. The maximum absolute atomic E-state index is 12.3. The Hall–Kier alpha value is -3.87. The van der Waals surface area contributed by atoms with Crippen molar-refractivity contribution in [1.29, 1.82) is 0 Å². The maximum atomic E-state index is 12.3. The Morgan fingerprint density at radius 2 is 1.53 bits per heavy atom. The van der Waals surface area contributed by atoms with Crippen LogP contribution in [0.15, 0.2) is 66.7 Å². The van der Waals surface area contributed by atoms with Crippen molar-refractivity contribution in [3.63, 3.8) is 0 Å². The Kier molecular flexibility index (Phi) is 7.80. The quantitative estimate of drug-likeness (QED) is 0.439. The van der Waals surface area contributed by atoms with Gasteiger partial charge in [0.1, 0.15) is 0 Å². The number of hydrogen-bond donors (Lipinski definition) is 4. The van der Waals surface area contributed by atoms with Gasteiger partial charge in [0, 0.05) is 18.3 Å². The van der Waals surface area contributed by atoms with E-state index >= 15 is 0 Å². The highest BCUT2D eigenvalue weighted by atomic mass is 16.2. The molecule has 3 aromatic rings. The van der Waals surface area contributed by atoms with Crippen molar-refractivity contribution in [2.24, 2.45) is 0 Å². The van der Waals surface area contributed by atoms with Crippen molar-refractivity contribution in [2.45, 2.75) is 32.9 Å². The highest BCUT2D eigenvalue weighted by Crippen LogP contribution is 2.18. The van der Waals surface area contributed by atoms with Crippen molar-refractivity contribution in [3.8, 4) is 0 Å². The molecule has 3 aromatic carbocycles. The number of hydrogen-bond acceptors (Lipinski definition) is 3. The van der Waals surface area contributed by atoms with E-state index in [1.165, 1.54) is 0 Å². The maximum Gasteiger partial charge on any atom is 0.319 e. The van der Waals surface area contributed by atoms with Crippen LogP contribution >= 0.6 is 0 Å². The van der Waals surface area contributed by atoms with Crippen LogP contribution in [0.3, 0.4) is 0 Å². The third-order valence-corrected chi connectivity index (χ3v) is 4.80. The summed E-state index contributed by atoms with van der Waals surface area (Å²) in [5, 5.41) is 13.1. The number of benzene rings is 3. The molecule has 0 aliphatic heterocycles. The average molecular weight is 433 g/mol. The number of amides is 4. The van der Waals surface area contributed by atoms with E-state index in [2.05, 4.69) is 21.3 Å². The second kappa shape index (κ2) is 10.9. The molecular formula is C25H28N4O3. The van der Waals surface area contributed by atoms with Crippen LogP contribution in [0.5, 0.6) is 0 Å². The van der Waals surface area contributed by atoms with Crippen LogP contribution in [-0.4, -0.2) is 30.4 Å². The minimum Gasteiger partial charge on any atom is -0.350 e. The topological polar surface area (TPSA) is 99.3 Å². The van der Waals surface area contributed by atoms with Crippen LogP contribution in [0, 0.1) is 0 Å². The molecule has 0 bridgehead atoms. The van der Waals surface area contributed by atoms with Gasteiger partial charge in [-0.3, -0.25) is 9.59 Å². The predicted octanol–water partition coefficient (Wildman–Crippen LogP) is 3.34. The molecule has 0 unspecified atom stereocenters. The summed E-state index contributed by atoms with van der Waals surface area (Å²) in [5.41, 5.74) is 2.48. The highest BCUT2D eigenvalue weighted by Gasteiger charge is 2.09. The molecule has 0 saturated carbocycles. The number of carbonyl (C=O) groups is 3. The molecule has 3 rings (SSSR count). The van der Waals surface area contributed by atoms with E-state index < -0.39 is 0 Å². The normalized spacial score (nSPS) is 10.6. The van der Waals surface area contributed by atoms with Gasteiger partial charge in [0.05, 0.1) is 13.0 Å². The summed E-state index contributed by atoms with van der Waals surface area (Å²) in [7, 11) is 0. The summed E-state index contributed by atoms with van der Waals surface area (Å²) in [4.78, 5) is 36.1. The van der Waals surface area contributed by atoms with Gasteiger partial charge < -0.3 is 21.3 Å². The highest BCUT2D eigenvalue weighted by molar-refractivity contribution is 5.91. The molecule has 7 heteroatoms. The van der Waals surface area contributed by atoms with Gasteiger partial charge in [-0.25, -0.2) is 4.79 Å².